The van der Waals surface area contributed by atoms with Crippen molar-refractivity contribution in [1.29, 1.82) is 0 Å². The van der Waals surface area contributed by atoms with E-state index in [0.29, 0.717) is 41.9 Å². The Bertz CT molecular complexity index is 1230. The van der Waals surface area contributed by atoms with Crippen LogP contribution in [0.3, 0.4) is 0 Å². The van der Waals surface area contributed by atoms with Crippen molar-refractivity contribution in [3.8, 4) is 5.75 Å². The fourth-order valence-electron chi connectivity index (χ4n) is 3.17. The van der Waals surface area contributed by atoms with Gasteiger partial charge in [-0.2, -0.15) is 5.10 Å². The number of nitrogens with one attached hydrogen (secondary N) is 1. The number of hydrogen-bond acceptors (Lipinski definition) is 5. The van der Waals surface area contributed by atoms with E-state index in [1.807, 2.05) is 29.8 Å². The Labute approximate surface area is 172 Å². The van der Waals surface area contributed by atoms with Gasteiger partial charge >= 0.3 is 0 Å². The first-order chi connectivity index (χ1) is 14.7. The van der Waals surface area contributed by atoms with Crippen LogP contribution in [0.5, 0.6) is 5.75 Å². The maximum absolute atomic E-state index is 13.1. The fraction of sp³-hybridized carbons (Fsp3) is 0.182. The predicted octanol–water partition coefficient (Wildman–Crippen LogP) is 2.94. The van der Waals surface area contributed by atoms with E-state index in [0.717, 1.165) is 0 Å². The number of fused-ring (bicyclic) bond motifs is 1. The molecule has 30 heavy (non-hydrogen) atoms. The molecule has 0 spiro atoms. The molecule has 0 radical (unpaired) electrons. The number of anilines is 1. The van der Waals surface area contributed by atoms with E-state index in [4.69, 9.17) is 4.74 Å². The minimum Gasteiger partial charge on any atom is -0.490 e. The lowest BCUT2D eigenvalue weighted by Gasteiger charge is -2.14. The smallest absolute Gasteiger partial charge is 0.276 e. The molecule has 0 saturated carbocycles. The number of carbonyl (C=O) groups excluding carboxylic acids is 1. The van der Waals surface area contributed by atoms with E-state index in [1.54, 1.807) is 48.9 Å². The molecule has 1 amide bonds. The highest BCUT2D eigenvalue weighted by atomic mass is 16.5. The largest absolute Gasteiger partial charge is 0.490 e. The second kappa shape index (κ2) is 8.60. The summed E-state index contributed by atoms with van der Waals surface area (Å²) in [5, 5.41) is 8.13. The molecule has 0 atom stereocenters. The van der Waals surface area contributed by atoms with Gasteiger partial charge in [-0.1, -0.05) is 30.3 Å². The second-order valence-electron chi connectivity index (χ2n) is 6.61. The van der Waals surface area contributed by atoms with Gasteiger partial charge in [-0.15, -0.1) is 0 Å². The number of amides is 1. The molecule has 2 aromatic heterocycles. The van der Waals surface area contributed by atoms with E-state index in [1.165, 1.54) is 4.68 Å². The standard InChI is InChI=1S/C22H21N5O3/c1-2-27-22(29)17-8-4-3-7-16(17)20(25-27)21(28)24-18-9-5-6-10-19(18)30-14-13-26-12-11-23-15-26/h3-12,15H,2,13-14H2,1H3,(H,24,28). The number of rotatable bonds is 7. The maximum Gasteiger partial charge on any atom is 0.276 e. The summed E-state index contributed by atoms with van der Waals surface area (Å²) in [6.45, 7) is 3.24. The van der Waals surface area contributed by atoms with Crippen LogP contribution < -0.4 is 15.6 Å². The molecule has 2 heterocycles. The Morgan fingerprint density at radius 1 is 1.10 bits per heavy atom. The molecule has 0 fully saturated rings. The number of para-hydroxylation sites is 2. The van der Waals surface area contributed by atoms with Crippen molar-refractivity contribution in [1.82, 2.24) is 19.3 Å². The van der Waals surface area contributed by atoms with Crippen molar-refractivity contribution < 1.29 is 9.53 Å². The van der Waals surface area contributed by atoms with Crippen LogP contribution in [0.2, 0.25) is 0 Å². The summed E-state index contributed by atoms with van der Waals surface area (Å²) in [5.74, 6) is 0.151. The zero-order chi connectivity index (χ0) is 20.9. The average molecular weight is 403 g/mol. The van der Waals surface area contributed by atoms with Crippen molar-refractivity contribution in [3.05, 3.63) is 83.3 Å². The Morgan fingerprint density at radius 2 is 1.87 bits per heavy atom. The van der Waals surface area contributed by atoms with Crippen molar-refractivity contribution in [2.24, 2.45) is 0 Å². The van der Waals surface area contributed by atoms with Crippen LogP contribution in [0.25, 0.3) is 10.8 Å². The molecule has 4 rings (SSSR count). The molecule has 0 aliphatic heterocycles. The zero-order valence-electron chi connectivity index (χ0n) is 16.5. The summed E-state index contributed by atoms with van der Waals surface area (Å²) in [6, 6.07) is 14.2. The summed E-state index contributed by atoms with van der Waals surface area (Å²) >= 11 is 0. The highest BCUT2D eigenvalue weighted by Crippen LogP contribution is 2.25. The van der Waals surface area contributed by atoms with Gasteiger partial charge in [0.05, 0.1) is 23.9 Å². The topological polar surface area (TPSA) is 91.0 Å². The maximum atomic E-state index is 13.1. The van der Waals surface area contributed by atoms with Gasteiger partial charge in [0, 0.05) is 24.3 Å². The monoisotopic (exact) mass is 403 g/mol. The number of benzene rings is 2. The van der Waals surface area contributed by atoms with Crippen LogP contribution in [0.15, 0.2) is 72.0 Å². The summed E-state index contributed by atoms with van der Waals surface area (Å²) < 4.78 is 9.06. The quantitative estimate of drug-likeness (QED) is 0.512. The second-order valence-corrected chi connectivity index (χ2v) is 6.61. The Hall–Kier alpha value is -3.94. The van der Waals surface area contributed by atoms with Crippen LogP contribution in [-0.4, -0.2) is 31.8 Å². The van der Waals surface area contributed by atoms with Crippen LogP contribution in [0, 0.1) is 0 Å². The van der Waals surface area contributed by atoms with Crippen LogP contribution in [-0.2, 0) is 13.1 Å². The molecule has 8 nitrogen and oxygen atoms in total. The molecule has 8 heteroatoms. The number of imidazole rings is 1. The molecule has 0 saturated heterocycles. The van der Waals surface area contributed by atoms with Crippen LogP contribution >= 0.6 is 0 Å². The van der Waals surface area contributed by atoms with Gasteiger partial charge in [0.1, 0.15) is 12.4 Å². The van der Waals surface area contributed by atoms with Gasteiger partial charge in [0.2, 0.25) is 0 Å². The Kier molecular flexibility index (Phi) is 5.56. The Balaban J connectivity index is 1.59. The van der Waals surface area contributed by atoms with Crippen molar-refractivity contribution in [3.63, 3.8) is 0 Å². The first-order valence-electron chi connectivity index (χ1n) is 9.66. The third-order valence-corrected chi connectivity index (χ3v) is 4.68. The van der Waals surface area contributed by atoms with Gasteiger partial charge < -0.3 is 14.6 Å². The van der Waals surface area contributed by atoms with Gasteiger partial charge in [0.15, 0.2) is 5.69 Å². The molecular formula is C22H21N5O3. The van der Waals surface area contributed by atoms with Gasteiger partial charge in [-0.3, -0.25) is 9.59 Å². The lowest BCUT2D eigenvalue weighted by molar-refractivity contribution is 0.102. The van der Waals surface area contributed by atoms with Crippen LogP contribution in [0.4, 0.5) is 5.69 Å². The zero-order valence-corrected chi connectivity index (χ0v) is 16.5. The van der Waals surface area contributed by atoms with E-state index in [-0.39, 0.29) is 11.3 Å². The van der Waals surface area contributed by atoms with Crippen LogP contribution in [0.1, 0.15) is 17.4 Å². The number of aryl methyl sites for hydroxylation is 1. The summed E-state index contributed by atoms with van der Waals surface area (Å²) in [4.78, 5) is 29.6. The number of hydrogen-bond donors (Lipinski definition) is 1. The molecule has 4 aromatic rings. The molecule has 0 unspecified atom stereocenters. The van der Waals surface area contributed by atoms with E-state index in [2.05, 4.69) is 15.4 Å². The van der Waals surface area contributed by atoms with E-state index >= 15 is 0 Å². The van der Waals surface area contributed by atoms with Crippen molar-refractivity contribution in [2.45, 2.75) is 20.0 Å². The summed E-state index contributed by atoms with van der Waals surface area (Å²) in [6.07, 6.45) is 5.29. The lowest BCUT2D eigenvalue weighted by Crippen LogP contribution is -2.27. The van der Waals surface area contributed by atoms with E-state index < -0.39 is 5.91 Å². The highest BCUT2D eigenvalue weighted by Gasteiger charge is 2.17. The summed E-state index contributed by atoms with van der Waals surface area (Å²) in [5.41, 5.74) is 0.515. The van der Waals surface area contributed by atoms with Gasteiger partial charge in [-0.25, -0.2) is 9.67 Å². The third-order valence-electron chi connectivity index (χ3n) is 4.68. The SMILES string of the molecule is CCn1nc(C(=O)Nc2ccccc2OCCn2ccnc2)c2ccccc2c1=O. The molecule has 0 bridgehead atoms. The minimum absolute atomic E-state index is 0.195. The van der Waals surface area contributed by atoms with Crippen molar-refractivity contribution in [2.75, 3.05) is 11.9 Å². The van der Waals surface area contributed by atoms with Crippen molar-refractivity contribution >= 4 is 22.4 Å². The third kappa shape index (κ3) is 3.93. The molecule has 152 valence electrons. The lowest BCUT2D eigenvalue weighted by atomic mass is 10.1. The number of aromatic nitrogens is 4. The molecule has 1 N–H and O–H groups in total. The Morgan fingerprint density at radius 3 is 2.63 bits per heavy atom. The molecular weight excluding hydrogens is 382 g/mol. The minimum atomic E-state index is -0.404. The van der Waals surface area contributed by atoms with E-state index in [9.17, 15) is 9.59 Å². The average Bonchev–Trinajstić information content (AvgIpc) is 3.29. The van der Waals surface area contributed by atoms with Gasteiger partial charge in [-0.05, 0) is 25.1 Å². The fourth-order valence-corrected chi connectivity index (χ4v) is 3.17. The predicted molar refractivity (Wildman–Crippen MR) is 114 cm³/mol. The first-order valence-corrected chi connectivity index (χ1v) is 9.66. The highest BCUT2D eigenvalue weighted by molar-refractivity contribution is 6.11. The summed E-state index contributed by atoms with van der Waals surface area (Å²) in [7, 11) is 0. The number of carbonyl (C=O) groups is 1. The normalized spacial score (nSPS) is 10.8. The molecule has 0 aliphatic carbocycles. The number of nitrogens with zero attached hydrogens (tertiary/aromatic N) is 4. The molecule has 2 aromatic carbocycles. The van der Waals surface area contributed by atoms with Gasteiger partial charge in [0.25, 0.3) is 11.5 Å². The first kappa shape index (κ1) is 19.4. The number of ether oxygens (including phenoxy) is 1. The molecule has 0 aliphatic rings.